The molecule has 0 bridgehead atoms. The Morgan fingerprint density at radius 2 is 2.00 bits per heavy atom. The number of unbranched alkanes of at least 4 members (excludes halogenated alkanes) is 1. The number of carbonyl (C=O) groups excluding carboxylic acids is 1. The summed E-state index contributed by atoms with van der Waals surface area (Å²) in [7, 11) is 1.83. The molecule has 3 nitrogen and oxygen atoms in total. The second-order valence-electron chi connectivity index (χ2n) is 4.36. The lowest BCUT2D eigenvalue weighted by Crippen LogP contribution is -2.43. The van der Waals surface area contributed by atoms with Crippen LogP contribution in [0.3, 0.4) is 0 Å². The smallest absolute Gasteiger partial charge is 0.239 e. The van der Waals surface area contributed by atoms with Crippen molar-refractivity contribution in [3.8, 4) is 0 Å². The lowest BCUT2D eigenvalue weighted by molar-refractivity contribution is -0.131. The summed E-state index contributed by atoms with van der Waals surface area (Å²) in [4.78, 5) is 13.4. The van der Waals surface area contributed by atoms with Gasteiger partial charge in [-0.3, -0.25) is 4.79 Å². The van der Waals surface area contributed by atoms with Gasteiger partial charge in [-0.25, -0.2) is 0 Å². The molecule has 0 aliphatic carbocycles. The topological polar surface area (TPSA) is 46.3 Å². The second-order valence-corrected chi connectivity index (χ2v) is 4.36. The molecule has 14 heavy (non-hydrogen) atoms. The zero-order valence-corrected chi connectivity index (χ0v) is 9.92. The van der Waals surface area contributed by atoms with Crippen LogP contribution in [0, 0.1) is 5.92 Å². The molecule has 0 aromatic rings. The Morgan fingerprint density at radius 1 is 1.43 bits per heavy atom. The largest absolute Gasteiger partial charge is 0.344 e. The summed E-state index contributed by atoms with van der Waals surface area (Å²) in [5.74, 6) is 0.578. The monoisotopic (exact) mass is 200 g/mol. The van der Waals surface area contributed by atoms with Crippen LogP contribution in [0.1, 0.15) is 40.0 Å². The van der Waals surface area contributed by atoms with Gasteiger partial charge in [0.25, 0.3) is 0 Å². The van der Waals surface area contributed by atoms with E-state index in [9.17, 15) is 4.79 Å². The Balaban J connectivity index is 3.91. The fourth-order valence-corrected chi connectivity index (χ4v) is 1.47. The molecule has 1 atom stereocenters. The molecule has 0 aromatic carbocycles. The van der Waals surface area contributed by atoms with Crippen LogP contribution in [0.15, 0.2) is 0 Å². The minimum absolute atomic E-state index is 0.0761. The minimum atomic E-state index is -0.307. The first-order valence-electron chi connectivity index (χ1n) is 5.49. The number of nitrogens with two attached hydrogens (primary N) is 1. The number of hydrogen-bond donors (Lipinski definition) is 1. The van der Waals surface area contributed by atoms with E-state index in [1.165, 1.54) is 0 Å². The first kappa shape index (κ1) is 13.4. The fraction of sp³-hybridized carbons (Fsp3) is 0.909. The number of nitrogens with zero attached hydrogens (tertiary/aromatic N) is 1. The van der Waals surface area contributed by atoms with Crippen molar-refractivity contribution in [3.05, 3.63) is 0 Å². The summed E-state index contributed by atoms with van der Waals surface area (Å²) in [5, 5.41) is 0. The molecule has 1 amide bonds. The molecule has 0 spiro atoms. The fourth-order valence-electron chi connectivity index (χ4n) is 1.47. The highest BCUT2D eigenvalue weighted by Crippen LogP contribution is 2.03. The van der Waals surface area contributed by atoms with Crippen LogP contribution in [-0.2, 0) is 4.79 Å². The van der Waals surface area contributed by atoms with Gasteiger partial charge in [0, 0.05) is 13.6 Å². The number of hydrogen-bond acceptors (Lipinski definition) is 2. The predicted molar refractivity (Wildman–Crippen MR) is 60.0 cm³/mol. The van der Waals surface area contributed by atoms with Gasteiger partial charge >= 0.3 is 0 Å². The minimum Gasteiger partial charge on any atom is -0.344 e. The molecule has 0 heterocycles. The van der Waals surface area contributed by atoms with Gasteiger partial charge in [0.1, 0.15) is 0 Å². The summed E-state index contributed by atoms with van der Waals surface area (Å²) in [6.07, 6.45) is 2.93. The van der Waals surface area contributed by atoms with E-state index >= 15 is 0 Å². The van der Waals surface area contributed by atoms with E-state index in [1.807, 2.05) is 7.05 Å². The molecular weight excluding hydrogens is 176 g/mol. The van der Waals surface area contributed by atoms with Crippen LogP contribution in [0.2, 0.25) is 0 Å². The van der Waals surface area contributed by atoms with Crippen LogP contribution in [-0.4, -0.2) is 30.4 Å². The molecule has 0 fully saturated rings. The van der Waals surface area contributed by atoms with Crippen molar-refractivity contribution >= 4 is 5.91 Å². The quantitative estimate of drug-likeness (QED) is 0.708. The van der Waals surface area contributed by atoms with Gasteiger partial charge in [0.15, 0.2) is 0 Å². The number of likely N-dealkylation sites (N-methyl/N-ethyl adjacent to an activating group) is 1. The van der Waals surface area contributed by atoms with Crippen molar-refractivity contribution in [2.75, 3.05) is 13.6 Å². The molecule has 0 radical (unpaired) electrons. The number of carbonyl (C=O) groups is 1. The summed E-state index contributed by atoms with van der Waals surface area (Å²) in [6.45, 7) is 7.09. The molecule has 84 valence electrons. The van der Waals surface area contributed by atoms with E-state index in [0.717, 1.165) is 25.8 Å². The summed E-state index contributed by atoms with van der Waals surface area (Å²) < 4.78 is 0. The Hall–Kier alpha value is -0.570. The molecule has 3 heteroatoms. The van der Waals surface area contributed by atoms with E-state index in [1.54, 1.807) is 4.90 Å². The maximum Gasteiger partial charge on any atom is 0.239 e. The molecule has 0 saturated carbocycles. The molecule has 0 rings (SSSR count). The highest BCUT2D eigenvalue weighted by atomic mass is 16.2. The zero-order chi connectivity index (χ0) is 11.1. The first-order chi connectivity index (χ1) is 6.49. The Morgan fingerprint density at radius 3 is 2.43 bits per heavy atom. The van der Waals surface area contributed by atoms with Gasteiger partial charge in [0.2, 0.25) is 5.91 Å². The van der Waals surface area contributed by atoms with Crippen molar-refractivity contribution in [1.29, 1.82) is 0 Å². The standard InChI is InChI=1S/C11H24N2O/c1-5-6-7-10(12)11(14)13(4)8-9(2)3/h9-10H,5-8,12H2,1-4H3. The average molecular weight is 200 g/mol. The van der Waals surface area contributed by atoms with E-state index in [2.05, 4.69) is 20.8 Å². The highest BCUT2D eigenvalue weighted by molar-refractivity contribution is 5.81. The van der Waals surface area contributed by atoms with Gasteiger partial charge in [-0.15, -0.1) is 0 Å². The molecule has 0 aliphatic heterocycles. The van der Waals surface area contributed by atoms with E-state index in [-0.39, 0.29) is 11.9 Å². The van der Waals surface area contributed by atoms with Crippen LogP contribution < -0.4 is 5.73 Å². The SMILES string of the molecule is CCCCC(N)C(=O)N(C)CC(C)C. The van der Waals surface area contributed by atoms with Crippen molar-refractivity contribution in [2.24, 2.45) is 11.7 Å². The van der Waals surface area contributed by atoms with Crippen molar-refractivity contribution in [1.82, 2.24) is 4.90 Å². The van der Waals surface area contributed by atoms with Crippen molar-refractivity contribution in [3.63, 3.8) is 0 Å². The van der Waals surface area contributed by atoms with Gasteiger partial charge in [0.05, 0.1) is 6.04 Å². The van der Waals surface area contributed by atoms with E-state index in [4.69, 9.17) is 5.73 Å². The zero-order valence-electron chi connectivity index (χ0n) is 9.92. The number of rotatable bonds is 6. The second kappa shape index (κ2) is 6.82. The van der Waals surface area contributed by atoms with Gasteiger partial charge in [-0.2, -0.15) is 0 Å². The molecule has 0 aromatic heterocycles. The molecule has 0 saturated heterocycles. The van der Waals surface area contributed by atoms with Crippen LogP contribution in [0.4, 0.5) is 0 Å². The van der Waals surface area contributed by atoms with Gasteiger partial charge < -0.3 is 10.6 Å². The van der Waals surface area contributed by atoms with Gasteiger partial charge in [-0.1, -0.05) is 33.6 Å². The lowest BCUT2D eigenvalue weighted by atomic mass is 10.1. The average Bonchev–Trinajstić information content (AvgIpc) is 2.11. The Bertz CT molecular complexity index is 169. The first-order valence-corrected chi connectivity index (χ1v) is 5.49. The Labute approximate surface area is 87.6 Å². The Kier molecular flexibility index (Phi) is 6.54. The van der Waals surface area contributed by atoms with Crippen LogP contribution in [0.5, 0.6) is 0 Å². The van der Waals surface area contributed by atoms with E-state index < -0.39 is 0 Å². The molecule has 2 N–H and O–H groups in total. The van der Waals surface area contributed by atoms with Crippen molar-refractivity contribution < 1.29 is 4.79 Å². The van der Waals surface area contributed by atoms with Crippen LogP contribution in [0.25, 0.3) is 0 Å². The summed E-state index contributed by atoms with van der Waals surface area (Å²) >= 11 is 0. The van der Waals surface area contributed by atoms with Gasteiger partial charge in [-0.05, 0) is 12.3 Å². The van der Waals surface area contributed by atoms with Crippen molar-refractivity contribution in [2.45, 2.75) is 46.1 Å². The predicted octanol–water partition coefficient (Wildman–Crippen LogP) is 1.62. The third-order valence-electron chi connectivity index (χ3n) is 2.20. The highest BCUT2D eigenvalue weighted by Gasteiger charge is 2.17. The number of amides is 1. The third-order valence-corrected chi connectivity index (χ3v) is 2.20. The summed E-state index contributed by atoms with van der Waals surface area (Å²) in [5.41, 5.74) is 5.79. The molecule has 1 unspecified atom stereocenters. The van der Waals surface area contributed by atoms with Crippen LogP contribution >= 0.6 is 0 Å². The normalized spacial score (nSPS) is 13.0. The maximum atomic E-state index is 11.7. The maximum absolute atomic E-state index is 11.7. The molecule has 0 aliphatic rings. The summed E-state index contributed by atoms with van der Waals surface area (Å²) in [6, 6.07) is -0.307. The van der Waals surface area contributed by atoms with E-state index in [0.29, 0.717) is 5.92 Å². The third kappa shape index (κ3) is 5.22. The molecular formula is C11H24N2O. The lowest BCUT2D eigenvalue weighted by Gasteiger charge is -2.22.